The van der Waals surface area contributed by atoms with E-state index in [0.29, 0.717) is 5.75 Å². The van der Waals surface area contributed by atoms with Gasteiger partial charge in [0.1, 0.15) is 0 Å². The normalized spacial score (nSPS) is 16.8. The van der Waals surface area contributed by atoms with Crippen molar-refractivity contribution in [1.82, 2.24) is 0 Å². The van der Waals surface area contributed by atoms with Crippen molar-refractivity contribution in [3.63, 3.8) is 0 Å². The molecule has 1 aromatic rings. The summed E-state index contributed by atoms with van der Waals surface area (Å²) in [4.78, 5) is 0. The summed E-state index contributed by atoms with van der Waals surface area (Å²) in [6.07, 6.45) is 0.987. The molecule has 0 aromatic heterocycles. The Bertz CT molecular complexity index is 300. The van der Waals surface area contributed by atoms with E-state index in [1.54, 1.807) is 11.8 Å². The molecule has 16 heavy (non-hydrogen) atoms. The molecule has 0 heterocycles. The summed E-state index contributed by atoms with van der Waals surface area (Å²) in [6, 6.07) is 10.0. The molecule has 0 saturated carbocycles. The predicted molar refractivity (Wildman–Crippen MR) is 71.6 cm³/mol. The van der Waals surface area contributed by atoms with Gasteiger partial charge in [0.2, 0.25) is 0 Å². The topological polar surface area (TPSA) is 46.2 Å². The van der Waals surface area contributed by atoms with Gasteiger partial charge in [0.25, 0.3) is 0 Å². The second-order valence-electron chi connectivity index (χ2n) is 4.32. The Morgan fingerprint density at radius 3 is 2.56 bits per heavy atom. The zero-order chi connectivity index (χ0) is 12.0. The average Bonchev–Trinajstić information content (AvgIpc) is 2.30. The van der Waals surface area contributed by atoms with E-state index in [-0.39, 0.29) is 6.04 Å². The number of benzene rings is 1. The van der Waals surface area contributed by atoms with Crippen LogP contribution < -0.4 is 5.73 Å². The molecular weight excluding hydrogens is 218 g/mol. The maximum atomic E-state index is 10.3. The quantitative estimate of drug-likeness (QED) is 0.801. The molecule has 3 heteroatoms. The third-order valence-electron chi connectivity index (χ3n) is 2.64. The summed E-state index contributed by atoms with van der Waals surface area (Å²) in [5, 5.41) is 10.3. The van der Waals surface area contributed by atoms with Gasteiger partial charge in [0, 0.05) is 17.5 Å². The van der Waals surface area contributed by atoms with Crippen molar-refractivity contribution in [2.24, 2.45) is 5.73 Å². The molecule has 1 rings (SSSR count). The lowest BCUT2D eigenvalue weighted by Gasteiger charge is -2.24. The number of rotatable bonds is 6. The van der Waals surface area contributed by atoms with Gasteiger partial charge in [-0.25, -0.2) is 0 Å². The first-order chi connectivity index (χ1) is 7.56. The predicted octanol–water partition coefficient (Wildman–Crippen LogP) is 2.36. The summed E-state index contributed by atoms with van der Waals surface area (Å²) in [5.74, 6) is 1.59. The van der Waals surface area contributed by atoms with Crippen LogP contribution in [0.2, 0.25) is 0 Å². The molecule has 0 aliphatic heterocycles. The van der Waals surface area contributed by atoms with E-state index in [2.05, 4.69) is 6.92 Å². The SMILES string of the molecule is CCC(N)CSCC(C)(O)c1ccccc1. The van der Waals surface area contributed by atoms with Crippen molar-refractivity contribution in [3.05, 3.63) is 35.9 Å². The highest BCUT2D eigenvalue weighted by molar-refractivity contribution is 7.99. The smallest absolute Gasteiger partial charge is 0.0958 e. The van der Waals surface area contributed by atoms with Crippen molar-refractivity contribution >= 4 is 11.8 Å². The molecule has 90 valence electrons. The molecule has 2 atom stereocenters. The van der Waals surface area contributed by atoms with E-state index in [1.807, 2.05) is 37.3 Å². The van der Waals surface area contributed by atoms with E-state index in [9.17, 15) is 5.11 Å². The largest absolute Gasteiger partial charge is 0.385 e. The second kappa shape index (κ2) is 6.28. The minimum Gasteiger partial charge on any atom is -0.385 e. The summed E-state index contributed by atoms with van der Waals surface area (Å²) in [5.41, 5.74) is 6.04. The van der Waals surface area contributed by atoms with Crippen LogP contribution in [-0.2, 0) is 5.60 Å². The summed E-state index contributed by atoms with van der Waals surface area (Å²) in [7, 11) is 0. The summed E-state index contributed by atoms with van der Waals surface area (Å²) in [6.45, 7) is 3.94. The molecule has 3 N–H and O–H groups in total. The lowest BCUT2D eigenvalue weighted by molar-refractivity contribution is 0.0839. The van der Waals surface area contributed by atoms with Crippen LogP contribution in [0.5, 0.6) is 0 Å². The van der Waals surface area contributed by atoms with Gasteiger partial charge in [0.15, 0.2) is 0 Å². The molecule has 0 spiro atoms. The van der Waals surface area contributed by atoms with Crippen LogP contribution in [0, 0.1) is 0 Å². The maximum Gasteiger partial charge on any atom is 0.0958 e. The van der Waals surface area contributed by atoms with Gasteiger partial charge in [-0.15, -0.1) is 0 Å². The van der Waals surface area contributed by atoms with Gasteiger partial charge < -0.3 is 10.8 Å². The van der Waals surface area contributed by atoms with Crippen molar-refractivity contribution in [2.45, 2.75) is 31.9 Å². The fraction of sp³-hybridized carbons (Fsp3) is 0.538. The van der Waals surface area contributed by atoms with Crippen molar-refractivity contribution in [2.75, 3.05) is 11.5 Å². The van der Waals surface area contributed by atoms with Crippen LogP contribution in [0.1, 0.15) is 25.8 Å². The molecule has 0 bridgehead atoms. The standard InChI is InChI=1S/C13H21NOS/c1-3-12(14)9-16-10-13(2,15)11-7-5-4-6-8-11/h4-8,12,15H,3,9-10,14H2,1-2H3. The van der Waals surface area contributed by atoms with Crippen molar-refractivity contribution in [1.29, 1.82) is 0 Å². The number of aliphatic hydroxyl groups is 1. The van der Waals surface area contributed by atoms with Crippen molar-refractivity contribution < 1.29 is 5.11 Å². The van der Waals surface area contributed by atoms with Gasteiger partial charge >= 0.3 is 0 Å². The Balaban J connectivity index is 2.46. The van der Waals surface area contributed by atoms with Crippen LogP contribution in [-0.4, -0.2) is 22.7 Å². The van der Waals surface area contributed by atoms with E-state index < -0.39 is 5.60 Å². The van der Waals surface area contributed by atoms with E-state index in [4.69, 9.17) is 5.73 Å². The van der Waals surface area contributed by atoms with E-state index in [0.717, 1.165) is 17.7 Å². The van der Waals surface area contributed by atoms with Crippen LogP contribution in [0.15, 0.2) is 30.3 Å². The van der Waals surface area contributed by atoms with Crippen molar-refractivity contribution in [3.8, 4) is 0 Å². The van der Waals surface area contributed by atoms with Crippen LogP contribution in [0.4, 0.5) is 0 Å². The lowest BCUT2D eigenvalue weighted by atomic mass is 9.99. The molecule has 0 saturated heterocycles. The molecular formula is C13H21NOS. The average molecular weight is 239 g/mol. The van der Waals surface area contributed by atoms with Gasteiger partial charge in [-0.2, -0.15) is 11.8 Å². The Kier molecular flexibility index (Phi) is 5.32. The molecule has 0 fully saturated rings. The molecule has 2 unspecified atom stereocenters. The Labute approximate surface area is 102 Å². The second-order valence-corrected chi connectivity index (χ2v) is 5.35. The molecule has 2 nitrogen and oxygen atoms in total. The van der Waals surface area contributed by atoms with E-state index in [1.165, 1.54) is 0 Å². The van der Waals surface area contributed by atoms with Crippen LogP contribution in [0.25, 0.3) is 0 Å². The first-order valence-electron chi connectivity index (χ1n) is 5.67. The monoisotopic (exact) mass is 239 g/mol. The van der Waals surface area contributed by atoms with Gasteiger partial charge in [-0.1, -0.05) is 37.3 Å². The summed E-state index contributed by atoms with van der Waals surface area (Å²) >= 11 is 1.71. The molecule has 0 amide bonds. The Morgan fingerprint density at radius 2 is 2.00 bits per heavy atom. The highest BCUT2D eigenvalue weighted by Crippen LogP contribution is 2.25. The first kappa shape index (κ1) is 13.6. The fourth-order valence-electron chi connectivity index (χ4n) is 1.41. The zero-order valence-electron chi connectivity index (χ0n) is 10.0. The maximum absolute atomic E-state index is 10.3. The minimum absolute atomic E-state index is 0.233. The number of hydrogen-bond acceptors (Lipinski definition) is 3. The van der Waals surface area contributed by atoms with Gasteiger partial charge in [0.05, 0.1) is 5.60 Å². The minimum atomic E-state index is -0.764. The van der Waals surface area contributed by atoms with Gasteiger partial charge in [-0.05, 0) is 18.9 Å². The molecule has 0 aliphatic rings. The molecule has 0 radical (unpaired) electrons. The molecule has 1 aromatic carbocycles. The molecule has 0 aliphatic carbocycles. The van der Waals surface area contributed by atoms with Crippen LogP contribution in [0.3, 0.4) is 0 Å². The number of nitrogens with two attached hydrogens (primary N) is 1. The number of thioether (sulfide) groups is 1. The third kappa shape index (κ3) is 4.16. The van der Waals surface area contributed by atoms with Crippen LogP contribution >= 0.6 is 11.8 Å². The highest BCUT2D eigenvalue weighted by atomic mass is 32.2. The third-order valence-corrected chi connectivity index (χ3v) is 4.07. The summed E-state index contributed by atoms with van der Waals surface area (Å²) < 4.78 is 0. The highest BCUT2D eigenvalue weighted by Gasteiger charge is 2.22. The Morgan fingerprint density at radius 1 is 1.38 bits per heavy atom. The van der Waals surface area contributed by atoms with Gasteiger partial charge in [-0.3, -0.25) is 0 Å². The lowest BCUT2D eigenvalue weighted by Crippen LogP contribution is -2.27. The fourth-order valence-corrected chi connectivity index (χ4v) is 2.63. The zero-order valence-corrected chi connectivity index (χ0v) is 10.8. The Hall–Kier alpha value is -0.510. The number of hydrogen-bond donors (Lipinski definition) is 2. The van der Waals surface area contributed by atoms with E-state index >= 15 is 0 Å². The first-order valence-corrected chi connectivity index (χ1v) is 6.83.